The second-order valence-electron chi connectivity index (χ2n) is 5.29. The number of hydrogen-bond acceptors (Lipinski definition) is 2. The molecule has 0 bridgehead atoms. The van der Waals surface area contributed by atoms with Gasteiger partial charge in [-0.1, -0.05) is 20.3 Å². The Morgan fingerprint density at radius 1 is 1.53 bits per heavy atom. The largest absolute Gasteiger partial charge is 0.388 e. The van der Waals surface area contributed by atoms with Crippen LogP contribution in [0.25, 0.3) is 0 Å². The van der Waals surface area contributed by atoms with E-state index in [1.165, 1.54) is 19.3 Å². The van der Waals surface area contributed by atoms with Gasteiger partial charge in [-0.25, -0.2) is 0 Å². The molecule has 2 N–H and O–H groups in total. The maximum atomic E-state index is 11.5. The first-order valence-corrected chi connectivity index (χ1v) is 5.91. The highest BCUT2D eigenvalue weighted by Gasteiger charge is 2.26. The number of carbonyl (C=O) groups excluding carboxylic acids is 1. The highest BCUT2D eigenvalue weighted by atomic mass is 16.3. The Labute approximate surface area is 92.3 Å². The highest BCUT2D eigenvalue weighted by Crippen LogP contribution is 2.29. The van der Waals surface area contributed by atoms with Crippen molar-refractivity contribution in [1.82, 2.24) is 5.32 Å². The van der Waals surface area contributed by atoms with E-state index in [0.29, 0.717) is 18.9 Å². The SMILES string of the molecule is CC(C)C(C)(O)CNC(=O)CC1CCC1. The lowest BCUT2D eigenvalue weighted by molar-refractivity contribution is -0.124. The quantitative estimate of drug-likeness (QED) is 0.730. The van der Waals surface area contributed by atoms with Crippen molar-refractivity contribution in [2.24, 2.45) is 11.8 Å². The minimum Gasteiger partial charge on any atom is -0.388 e. The maximum Gasteiger partial charge on any atom is 0.220 e. The zero-order chi connectivity index (χ0) is 11.5. The van der Waals surface area contributed by atoms with Crippen molar-refractivity contribution in [2.75, 3.05) is 6.54 Å². The fourth-order valence-electron chi connectivity index (χ4n) is 1.51. The number of rotatable bonds is 5. The minimum atomic E-state index is -0.796. The molecule has 1 unspecified atom stereocenters. The third kappa shape index (κ3) is 3.82. The van der Waals surface area contributed by atoms with Crippen molar-refractivity contribution in [3.8, 4) is 0 Å². The van der Waals surface area contributed by atoms with Gasteiger partial charge < -0.3 is 10.4 Å². The smallest absolute Gasteiger partial charge is 0.220 e. The molecule has 0 aromatic carbocycles. The summed E-state index contributed by atoms with van der Waals surface area (Å²) in [6.07, 6.45) is 4.28. The van der Waals surface area contributed by atoms with Crippen LogP contribution in [0.1, 0.15) is 46.5 Å². The highest BCUT2D eigenvalue weighted by molar-refractivity contribution is 5.76. The van der Waals surface area contributed by atoms with Crippen molar-refractivity contribution in [3.63, 3.8) is 0 Å². The van der Waals surface area contributed by atoms with Crippen molar-refractivity contribution >= 4 is 5.91 Å². The fraction of sp³-hybridized carbons (Fsp3) is 0.917. The maximum absolute atomic E-state index is 11.5. The van der Waals surface area contributed by atoms with E-state index >= 15 is 0 Å². The molecule has 3 heteroatoms. The summed E-state index contributed by atoms with van der Waals surface area (Å²) in [6, 6.07) is 0. The monoisotopic (exact) mass is 213 g/mol. The van der Waals surface area contributed by atoms with Crippen LogP contribution in [0.3, 0.4) is 0 Å². The van der Waals surface area contributed by atoms with Crippen LogP contribution in [0.5, 0.6) is 0 Å². The van der Waals surface area contributed by atoms with Crippen molar-refractivity contribution in [2.45, 2.75) is 52.1 Å². The molecule has 0 heterocycles. The van der Waals surface area contributed by atoms with Crippen LogP contribution in [0.4, 0.5) is 0 Å². The summed E-state index contributed by atoms with van der Waals surface area (Å²) >= 11 is 0. The Morgan fingerprint density at radius 2 is 2.13 bits per heavy atom. The van der Waals surface area contributed by atoms with Crippen molar-refractivity contribution in [1.29, 1.82) is 0 Å². The summed E-state index contributed by atoms with van der Waals surface area (Å²) in [4.78, 5) is 11.5. The summed E-state index contributed by atoms with van der Waals surface area (Å²) in [5, 5.41) is 12.7. The first kappa shape index (κ1) is 12.5. The van der Waals surface area contributed by atoms with Gasteiger partial charge in [0.05, 0.1) is 5.60 Å². The van der Waals surface area contributed by atoms with E-state index in [4.69, 9.17) is 0 Å². The number of amides is 1. The Bertz CT molecular complexity index is 220. The lowest BCUT2D eigenvalue weighted by Crippen LogP contribution is -2.44. The molecule has 0 radical (unpaired) electrons. The van der Waals surface area contributed by atoms with Gasteiger partial charge in [-0.05, 0) is 31.6 Å². The molecule has 88 valence electrons. The molecule has 0 spiro atoms. The zero-order valence-corrected chi connectivity index (χ0v) is 10.0. The zero-order valence-electron chi connectivity index (χ0n) is 10.0. The average Bonchev–Trinajstić information content (AvgIpc) is 2.08. The van der Waals surface area contributed by atoms with Gasteiger partial charge in [-0.3, -0.25) is 4.79 Å². The van der Waals surface area contributed by atoms with Gasteiger partial charge in [0.15, 0.2) is 0 Å². The van der Waals surface area contributed by atoms with E-state index in [-0.39, 0.29) is 11.8 Å². The van der Waals surface area contributed by atoms with Crippen LogP contribution in [0.2, 0.25) is 0 Å². The van der Waals surface area contributed by atoms with Crippen LogP contribution >= 0.6 is 0 Å². The molecule has 1 aliphatic carbocycles. The number of aliphatic hydroxyl groups is 1. The molecule has 0 aliphatic heterocycles. The Morgan fingerprint density at radius 3 is 2.53 bits per heavy atom. The lowest BCUT2D eigenvalue weighted by atomic mass is 9.83. The Hall–Kier alpha value is -0.570. The first-order valence-electron chi connectivity index (χ1n) is 5.91. The molecule has 3 nitrogen and oxygen atoms in total. The second-order valence-corrected chi connectivity index (χ2v) is 5.29. The van der Waals surface area contributed by atoms with E-state index in [1.807, 2.05) is 13.8 Å². The van der Waals surface area contributed by atoms with Gasteiger partial charge >= 0.3 is 0 Å². The van der Waals surface area contributed by atoms with Crippen LogP contribution < -0.4 is 5.32 Å². The topological polar surface area (TPSA) is 49.3 Å². The van der Waals surface area contributed by atoms with Gasteiger partial charge in [0.2, 0.25) is 5.91 Å². The van der Waals surface area contributed by atoms with Gasteiger partial charge in [-0.15, -0.1) is 0 Å². The third-order valence-corrected chi connectivity index (χ3v) is 3.59. The predicted molar refractivity (Wildman–Crippen MR) is 60.4 cm³/mol. The normalized spacial score (nSPS) is 20.9. The number of nitrogens with one attached hydrogen (secondary N) is 1. The van der Waals surface area contributed by atoms with Gasteiger partial charge in [-0.2, -0.15) is 0 Å². The Balaban J connectivity index is 2.20. The molecule has 1 atom stereocenters. The lowest BCUT2D eigenvalue weighted by Gasteiger charge is -2.29. The van der Waals surface area contributed by atoms with E-state index < -0.39 is 5.60 Å². The molecule has 0 aromatic heterocycles. The molecule has 1 saturated carbocycles. The van der Waals surface area contributed by atoms with Crippen LogP contribution in [0.15, 0.2) is 0 Å². The number of carbonyl (C=O) groups is 1. The Kier molecular flexibility index (Phi) is 4.14. The van der Waals surface area contributed by atoms with E-state index in [0.717, 1.165) is 0 Å². The van der Waals surface area contributed by atoms with E-state index in [2.05, 4.69) is 5.32 Å². The molecular weight excluding hydrogens is 190 g/mol. The third-order valence-electron chi connectivity index (χ3n) is 3.59. The summed E-state index contributed by atoms with van der Waals surface area (Å²) in [6.45, 7) is 6.04. The first-order chi connectivity index (χ1) is 6.92. The van der Waals surface area contributed by atoms with Crippen LogP contribution in [-0.4, -0.2) is 23.2 Å². The molecule has 1 amide bonds. The molecule has 1 aliphatic rings. The standard InChI is InChI=1S/C12H23NO2/c1-9(2)12(3,15)8-13-11(14)7-10-5-4-6-10/h9-10,15H,4-8H2,1-3H3,(H,13,14). The molecule has 0 saturated heterocycles. The van der Waals surface area contributed by atoms with Gasteiger partial charge in [0.25, 0.3) is 0 Å². The summed E-state index contributed by atoms with van der Waals surface area (Å²) < 4.78 is 0. The molecular formula is C12H23NO2. The average molecular weight is 213 g/mol. The summed E-state index contributed by atoms with van der Waals surface area (Å²) in [5.41, 5.74) is -0.796. The predicted octanol–water partition coefficient (Wildman–Crippen LogP) is 1.70. The molecule has 1 fully saturated rings. The number of hydrogen-bond donors (Lipinski definition) is 2. The second kappa shape index (κ2) is 4.97. The van der Waals surface area contributed by atoms with Crippen molar-refractivity contribution < 1.29 is 9.90 Å². The van der Waals surface area contributed by atoms with Crippen LogP contribution in [-0.2, 0) is 4.79 Å². The van der Waals surface area contributed by atoms with Gasteiger partial charge in [0.1, 0.15) is 0 Å². The fourth-order valence-corrected chi connectivity index (χ4v) is 1.51. The summed E-state index contributed by atoms with van der Waals surface area (Å²) in [7, 11) is 0. The molecule has 1 rings (SSSR count). The summed E-state index contributed by atoms with van der Waals surface area (Å²) in [5.74, 6) is 0.830. The van der Waals surface area contributed by atoms with Crippen LogP contribution in [0, 0.1) is 11.8 Å². The molecule has 0 aromatic rings. The van der Waals surface area contributed by atoms with Gasteiger partial charge in [0, 0.05) is 13.0 Å². The minimum absolute atomic E-state index is 0.0839. The van der Waals surface area contributed by atoms with Crippen molar-refractivity contribution in [3.05, 3.63) is 0 Å². The van der Waals surface area contributed by atoms with E-state index in [1.54, 1.807) is 6.92 Å². The van der Waals surface area contributed by atoms with E-state index in [9.17, 15) is 9.90 Å². The molecule has 15 heavy (non-hydrogen) atoms.